The number of amides is 1. The molecule has 19 heavy (non-hydrogen) atoms. The fourth-order valence-corrected chi connectivity index (χ4v) is 2.06. The number of aromatic amines is 1. The number of ketones is 1. The van der Waals surface area contributed by atoms with E-state index in [1.165, 1.54) is 0 Å². The molecule has 4 heteroatoms. The van der Waals surface area contributed by atoms with Crippen molar-refractivity contribution in [3.8, 4) is 0 Å². The number of aryl methyl sites for hydroxylation is 1. The molecule has 1 aromatic carbocycles. The van der Waals surface area contributed by atoms with Crippen molar-refractivity contribution < 1.29 is 9.59 Å². The van der Waals surface area contributed by atoms with E-state index in [0.717, 1.165) is 16.6 Å². The van der Waals surface area contributed by atoms with Gasteiger partial charge in [0.2, 0.25) is 0 Å². The van der Waals surface area contributed by atoms with Crippen molar-refractivity contribution in [3.05, 3.63) is 35.5 Å². The third-order valence-corrected chi connectivity index (χ3v) is 3.00. The van der Waals surface area contributed by atoms with Crippen LogP contribution in [0.2, 0.25) is 0 Å². The molecule has 0 aliphatic heterocycles. The van der Waals surface area contributed by atoms with Gasteiger partial charge in [0.1, 0.15) is 0 Å². The van der Waals surface area contributed by atoms with Crippen LogP contribution in [0.15, 0.2) is 24.3 Å². The van der Waals surface area contributed by atoms with Gasteiger partial charge in [-0.2, -0.15) is 0 Å². The highest BCUT2D eigenvalue weighted by atomic mass is 16.2. The van der Waals surface area contributed by atoms with Gasteiger partial charge in [-0.25, -0.2) is 0 Å². The first kappa shape index (κ1) is 13.3. The topological polar surface area (TPSA) is 62.0 Å². The van der Waals surface area contributed by atoms with E-state index < -0.39 is 11.7 Å². The van der Waals surface area contributed by atoms with E-state index in [2.05, 4.69) is 10.3 Å². The molecule has 0 fully saturated rings. The normalized spacial score (nSPS) is 10.9. The molecule has 0 atom stereocenters. The number of hydrogen-bond donors (Lipinski definition) is 2. The molecule has 0 saturated heterocycles. The zero-order valence-electron chi connectivity index (χ0n) is 11.4. The Bertz CT molecular complexity index is 626. The quantitative estimate of drug-likeness (QED) is 0.653. The summed E-state index contributed by atoms with van der Waals surface area (Å²) in [6, 6.07) is 7.50. The second-order valence-corrected chi connectivity index (χ2v) is 5.10. The van der Waals surface area contributed by atoms with E-state index in [9.17, 15) is 9.59 Å². The molecular formula is C15H18N2O2. The molecular weight excluding hydrogens is 240 g/mol. The van der Waals surface area contributed by atoms with Crippen molar-refractivity contribution in [2.24, 2.45) is 5.92 Å². The molecule has 1 aromatic heterocycles. The van der Waals surface area contributed by atoms with Crippen LogP contribution in [0.25, 0.3) is 10.9 Å². The summed E-state index contributed by atoms with van der Waals surface area (Å²) in [6.07, 6.45) is 0. The summed E-state index contributed by atoms with van der Waals surface area (Å²) in [5, 5.41) is 3.46. The molecule has 0 aliphatic carbocycles. The Morgan fingerprint density at radius 2 is 1.95 bits per heavy atom. The van der Waals surface area contributed by atoms with Crippen LogP contribution in [-0.2, 0) is 4.79 Å². The Morgan fingerprint density at radius 1 is 1.26 bits per heavy atom. The lowest BCUT2D eigenvalue weighted by Crippen LogP contribution is -2.33. The smallest absolute Gasteiger partial charge is 0.292 e. The Balaban J connectivity index is 2.31. The zero-order chi connectivity index (χ0) is 14.0. The Labute approximate surface area is 112 Å². The van der Waals surface area contributed by atoms with Gasteiger partial charge in [-0.3, -0.25) is 9.59 Å². The fraction of sp³-hybridized carbons (Fsp3) is 0.333. The molecule has 0 saturated carbocycles. The average Bonchev–Trinajstić information content (AvgIpc) is 2.70. The lowest BCUT2D eigenvalue weighted by atomic mass is 10.1. The summed E-state index contributed by atoms with van der Waals surface area (Å²) in [6.45, 7) is 6.29. The molecule has 1 amide bonds. The minimum absolute atomic E-state index is 0.320. The molecule has 0 radical (unpaired) electrons. The van der Waals surface area contributed by atoms with Crippen molar-refractivity contribution in [1.29, 1.82) is 0 Å². The maximum absolute atomic E-state index is 12.2. The van der Waals surface area contributed by atoms with E-state index in [1.54, 1.807) is 0 Å². The number of nitrogens with one attached hydrogen (secondary N) is 2. The molecule has 100 valence electrons. The van der Waals surface area contributed by atoms with E-state index in [-0.39, 0.29) is 0 Å². The van der Waals surface area contributed by atoms with E-state index in [0.29, 0.717) is 18.0 Å². The van der Waals surface area contributed by atoms with Crippen LogP contribution in [0.5, 0.6) is 0 Å². The number of hydrogen-bond acceptors (Lipinski definition) is 2. The molecule has 0 aliphatic rings. The Morgan fingerprint density at radius 3 is 2.63 bits per heavy atom. The van der Waals surface area contributed by atoms with Gasteiger partial charge in [0.15, 0.2) is 0 Å². The fourth-order valence-electron chi connectivity index (χ4n) is 2.06. The lowest BCUT2D eigenvalue weighted by molar-refractivity contribution is -0.117. The van der Waals surface area contributed by atoms with Crippen LogP contribution >= 0.6 is 0 Å². The summed E-state index contributed by atoms with van der Waals surface area (Å²) in [4.78, 5) is 27.2. The number of benzene rings is 1. The van der Waals surface area contributed by atoms with Crippen LogP contribution in [0.4, 0.5) is 0 Å². The van der Waals surface area contributed by atoms with Gasteiger partial charge in [-0.15, -0.1) is 0 Å². The highest BCUT2D eigenvalue weighted by molar-refractivity contribution is 6.45. The Hall–Kier alpha value is -2.10. The highest BCUT2D eigenvalue weighted by Crippen LogP contribution is 2.22. The maximum atomic E-state index is 12.2. The summed E-state index contributed by atoms with van der Waals surface area (Å²) < 4.78 is 0. The SMILES string of the molecule is Cc1[nH]c2ccccc2c1C(=O)C(=O)NCC(C)C. The van der Waals surface area contributed by atoms with Crippen LogP contribution in [-0.4, -0.2) is 23.2 Å². The summed E-state index contributed by atoms with van der Waals surface area (Å²) in [5.74, 6) is -0.696. The first-order valence-corrected chi connectivity index (χ1v) is 6.40. The van der Waals surface area contributed by atoms with Crippen molar-refractivity contribution in [2.75, 3.05) is 6.54 Å². The van der Waals surface area contributed by atoms with Crippen LogP contribution in [0.1, 0.15) is 29.9 Å². The second-order valence-electron chi connectivity index (χ2n) is 5.10. The van der Waals surface area contributed by atoms with Gasteiger partial charge in [0.25, 0.3) is 11.7 Å². The molecule has 0 bridgehead atoms. The number of carbonyl (C=O) groups is 2. The van der Waals surface area contributed by atoms with Crippen LogP contribution < -0.4 is 5.32 Å². The first-order chi connectivity index (χ1) is 9.00. The van der Waals surface area contributed by atoms with E-state index >= 15 is 0 Å². The standard InChI is InChI=1S/C15H18N2O2/c1-9(2)8-16-15(19)14(18)13-10(3)17-12-7-5-4-6-11(12)13/h4-7,9,17H,8H2,1-3H3,(H,16,19). The first-order valence-electron chi connectivity index (χ1n) is 6.40. The number of rotatable bonds is 4. The van der Waals surface area contributed by atoms with Crippen LogP contribution in [0, 0.1) is 12.8 Å². The van der Waals surface area contributed by atoms with Crippen LogP contribution in [0.3, 0.4) is 0 Å². The molecule has 0 unspecified atom stereocenters. The zero-order valence-corrected chi connectivity index (χ0v) is 11.4. The minimum Gasteiger partial charge on any atom is -0.358 e. The van der Waals surface area contributed by atoms with Gasteiger partial charge >= 0.3 is 0 Å². The third kappa shape index (κ3) is 2.67. The van der Waals surface area contributed by atoms with Gasteiger partial charge in [0.05, 0.1) is 5.56 Å². The van der Waals surface area contributed by atoms with Gasteiger partial charge < -0.3 is 10.3 Å². The molecule has 1 heterocycles. The van der Waals surface area contributed by atoms with Crippen molar-refractivity contribution in [2.45, 2.75) is 20.8 Å². The van der Waals surface area contributed by atoms with Crippen molar-refractivity contribution in [1.82, 2.24) is 10.3 Å². The number of Topliss-reactive ketones (excluding diaryl/α,β-unsaturated/α-hetero) is 1. The molecule has 4 nitrogen and oxygen atoms in total. The maximum Gasteiger partial charge on any atom is 0.292 e. The summed E-state index contributed by atoms with van der Waals surface area (Å²) in [7, 11) is 0. The predicted octanol–water partition coefficient (Wildman–Crippen LogP) is 2.43. The van der Waals surface area contributed by atoms with Crippen molar-refractivity contribution >= 4 is 22.6 Å². The molecule has 2 aromatic rings. The summed E-state index contributed by atoms with van der Waals surface area (Å²) in [5.41, 5.74) is 2.07. The monoisotopic (exact) mass is 258 g/mol. The Kier molecular flexibility index (Phi) is 3.69. The van der Waals surface area contributed by atoms with E-state index in [1.807, 2.05) is 45.0 Å². The van der Waals surface area contributed by atoms with E-state index in [4.69, 9.17) is 0 Å². The number of para-hydroxylation sites is 1. The van der Waals surface area contributed by atoms with Gasteiger partial charge in [-0.1, -0.05) is 32.0 Å². The number of carbonyl (C=O) groups excluding carboxylic acids is 2. The van der Waals surface area contributed by atoms with Gasteiger partial charge in [0, 0.05) is 23.1 Å². The molecule has 0 spiro atoms. The molecule has 2 rings (SSSR count). The van der Waals surface area contributed by atoms with Gasteiger partial charge in [-0.05, 0) is 18.9 Å². The number of H-pyrrole nitrogens is 1. The minimum atomic E-state index is -0.540. The predicted molar refractivity (Wildman–Crippen MR) is 75.2 cm³/mol. The highest BCUT2D eigenvalue weighted by Gasteiger charge is 2.22. The second kappa shape index (κ2) is 5.26. The van der Waals surface area contributed by atoms with Crippen molar-refractivity contribution in [3.63, 3.8) is 0 Å². The average molecular weight is 258 g/mol. The molecule has 2 N–H and O–H groups in total. The third-order valence-electron chi connectivity index (χ3n) is 3.00. The lowest BCUT2D eigenvalue weighted by Gasteiger charge is -2.06. The number of fused-ring (bicyclic) bond motifs is 1. The summed E-state index contributed by atoms with van der Waals surface area (Å²) >= 11 is 0. The number of aromatic nitrogens is 1. The largest absolute Gasteiger partial charge is 0.358 e.